The first-order chi connectivity index (χ1) is 8.09. The van der Waals surface area contributed by atoms with Crippen molar-refractivity contribution >= 4 is 11.7 Å². The first-order valence-electron chi connectivity index (χ1n) is 6.18. The van der Waals surface area contributed by atoms with Crippen LogP contribution in [-0.4, -0.2) is 23.7 Å². The van der Waals surface area contributed by atoms with E-state index >= 15 is 0 Å². The summed E-state index contributed by atoms with van der Waals surface area (Å²) in [6, 6.07) is 7.70. The van der Waals surface area contributed by atoms with Gasteiger partial charge in [0.2, 0.25) is 0 Å². The highest BCUT2D eigenvalue weighted by Crippen LogP contribution is 2.30. The Morgan fingerprint density at radius 1 is 1.35 bits per heavy atom. The smallest absolute Gasteiger partial charge is 0.337 e. The average Bonchev–Trinajstić information content (AvgIpc) is 2.29. The molecule has 1 aliphatic rings. The van der Waals surface area contributed by atoms with Gasteiger partial charge in [0.15, 0.2) is 0 Å². The van der Waals surface area contributed by atoms with Crippen LogP contribution in [0.4, 0.5) is 5.69 Å². The third-order valence-electron chi connectivity index (χ3n) is 3.58. The van der Waals surface area contributed by atoms with Crippen molar-refractivity contribution in [2.75, 3.05) is 11.4 Å². The molecule has 1 saturated heterocycles. The molecule has 92 valence electrons. The minimum Gasteiger partial charge on any atom is -0.478 e. The minimum absolute atomic E-state index is 0.411. The number of carbonyl (C=O) groups is 1. The van der Waals surface area contributed by atoms with Gasteiger partial charge in [0.1, 0.15) is 0 Å². The molecule has 1 aromatic carbocycles. The molecule has 2 atom stereocenters. The van der Waals surface area contributed by atoms with Crippen molar-refractivity contribution in [2.45, 2.75) is 32.7 Å². The topological polar surface area (TPSA) is 40.5 Å². The zero-order valence-corrected chi connectivity index (χ0v) is 10.4. The Kier molecular flexibility index (Phi) is 3.36. The summed E-state index contributed by atoms with van der Waals surface area (Å²) in [5.74, 6) is -0.107. The molecule has 1 aliphatic heterocycles. The van der Waals surface area contributed by atoms with Gasteiger partial charge in [-0.1, -0.05) is 19.1 Å². The molecule has 2 rings (SSSR count). The third kappa shape index (κ3) is 2.43. The molecule has 1 heterocycles. The lowest BCUT2D eigenvalue weighted by Crippen LogP contribution is -2.41. The van der Waals surface area contributed by atoms with E-state index in [0.717, 1.165) is 31.0 Å². The van der Waals surface area contributed by atoms with Crippen LogP contribution in [0.25, 0.3) is 0 Å². The van der Waals surface area contributed by atoms with E-state index in [9.17, 15) is 9.90 Å². The van der Waals surface area contributed by atoms with E-state index < -0.39 is 5.97 Å². The van der Waals surface area contributed by atoms with Crippen LogP contribution in [0.3, 0.4) is 0 Å². The fourth-order valence-corrected chi connectivity index (χ4v) is 2.67. The SMILES string of the molecule is CC1CCN(c2ccccc2C(=O)O)C(C)C1. The second kappa shape index (κ2) is 4.78. The quantitative estimate of drug-likeness (QED) is 0.853. The first-order valence-corrected chi connectivity index (χ1v) is 6.18. The molecule has 3 heteroatoms. The Morgan fingerprint density at radius 3 is 2.71 bits per heavy atom. The number of nitrogens with zero attached hydrogens (tertiary/aromatic N) is 1. The monoisotopic (exact) mass is 233 g/mol. The van der Waals surface area contributed by atoms with E-state index in [0.29, 0.717) is 11.6 Å². The summed E-state index contributed by atoms with van der Waals surface area (Å²) < 4.78 is 0. The first kappa shape index (κ1) is 12.0. The summed E-state index contributed by atoms with van der Waals surface area (Å²) in [5.41, 5.74) is 1.27. The molecule has 2 unspecified atom stereocenters. The fourth-order valence-electron chi connectivity index (χ4n) is 2.67. The molecular formula is C14H19NO2. The summed E-state index contributed by atoms with van der Waals surface area (Å²) in [6.07, 6.45) is 2.27. The summed E-state index contributed by atoms with van der Waals surface area (Å²) in [4.78, 5) is 13.4. The fraction of sp³-hybridized carbons (Fsp3) is 0.500. The molecule has 0 aromatic heterocycles. The number of aromatic carboxylic acids is 1. The second-order valence-electron chi connectivity index (χ2n) is 4.99. The van der Waals surface area contributed by atoms with Gasteiger partial charge in [-0.15, -0.1) is 0 Å². The standard InChI is InChI=1S/C14H19NO2/c1-10-7-8-15(11(2)9-10)13-6-4-3-5-12(13)14(16)17/h3-6,10-11H,7-9H2,1-2H3,(H,16,17). The van der Waals surface area contributed by atoms with E-state index in [-0.39, 0.29) is 0 Å². The molecule has 0 aliphatic carbocycles. The zero-order chi connectivity index (χ0) is 12.4. The minimum atomic E-state index is -0.841. The molecule has 0 amide bonds. The predicted molar refractivity (Wildman–Crippen MR) is 68.6 cm³/mol. The van der Waals surface area contributed by atoms with Crippen molar-refractivity contribution < 1.29 is 9.90 Å². The average molecular weight is 233 g/mol. The normalized spacial score (nSPS) is 24.7. The van der Waals surface area contributed by atoms with Gasteiger partial charge >= 0.3 is 5.97 Å². The van der Waals surface area contributed by atoms with Crippen molar-refractivity contribution in [2.24, 2.45) is 5.92 Å². The van der Waals surface area contributed by atoms with Gasteiger partial charge < -0.3 is 10.0 Å². The number of rotatable bonds is 2. The van der Waals surface area contributed by atoms with Gasteiger partial charge in [-0.3, -0.25) is 0 Å². The second-order valence-corrected chi connectivity index (χ2v) is 4.99. The maximum absolute atomic E-state index is 11.2. The number of carboxylic acid groups (broad SMARTS) is 1. The Morgan fingerprint density at radius 2 is 2.06 bits per heavy atom. The number of hydrogen-bond acceptors (Lipinski definition) is 2. The van der Waals surface area contributed by atoms with E-state index in [2.05, 4.69) is 18.7 Å². The zero-order valence-electron chi connectivity index (χ0n) is 10.4. The van der Waals surface area contributed by atoms with Crippen molar-refractivity contribution in [3.05, 3.63) is 29.8 Å². The molecule has 0 radical (unpaired) electrons. The summed E-state index contributed by atoms with van der Waals surface area (Å²) >= 11 is 0. The molecule has 1 fully saturated rings. The lowest BCUT2D eigenvalue weighted by Gasteiger charge is -2.38. The van der Waals surface area contributed by atoms with E-state index in [1.165, 1.54) is 0 Å². The number of carboxylic acids is 1. The number of para-hydroxylation sites is 1. The molecule has 1 N–H and O–H groups in total. The van der Waals surface area contributed by atoms with Gasteiger partial charge in [0.25, 0.3) is 0 Å². The van der Waals surface area contributed by atoms with Crippen LogP contribution in [0.15, 0.2) is 24.3 Å². The third-order valence-corrected chi connectivity index (χ3v) is 3.58. The van der Waals surface area contributed by atoms with Crippen molar-refractivity contribution in [3.8, 4) is 0 Å². The van der Waals surface area contributed by atoms with Gasteiger partial charge in [0, 0.05) is 12.6 Å². The summed E-state index contributed by atoms with van der Waals surface area (Å²) in [6.45, 7) is 5.39. The van der Waals surface area contributed by atoms with Crippen LogP contribution in [0.1, 0.15) is 37.0 Å². The van der Waals surface area contributed by atoms with E-state index in [4.69, 9.17) is 0 Å². The number of anilines is 1. The van der Waals surface area contributed by atoms with Gasteiger partial charge in [-0.05, 0) is 37.8 Å². The molecule has 1 aromatic rings. The van der Waals surface area contributed by atoms with Crippen molar-refractivity contribution in [3.63, 3.8) is 0 Å². The van der Waals surface area contributed by atoms with Crippen LogP contribution in [0.2, 0.25) is 0 Å². The van der Waals surface area contributed by atoms with Crippen LogP contribution >= 0.6 is 0 Å². The summed E-state index contributed by atoms with van der Waals surface area (Å²) in [7, 11) is 0. The van der Waals surface area contributed by atoms with E-state index in [1.54, 1.807) is 12.1 Å². The highest BCUT2D eigenvalue weighted by molar-refractivity contribution is 5.94. The van der Waals surface area contributed by atoms with Crippen LogP contribution in [0.5, 0.6) is 0 Å². The largest absolute Gasteiger partial charge is 0.478 e. The Hall–Kier alpha value is -1.51. The van der Waals surface area contributed by atoms with Crippen molar-refractivity contribution in [1.29, 1.82) is 0 Å². The highest BCUT2D eigenvalue weighted by Gasteiger charge is 2.25. The predicted octanol–water partition coefficient (Wildman–Crippen LogP) is 3.01. The molecule has 0 spiro atoms. The van der Waals surface area contributed by atoms with E-state index in [1.807, 2.05) is 12.1 Å². The maximum atomic E-state index is 11.2. The molecule has 3 nitrogen and oxygen atoms in total. The molecule has 0 saturated carbocycles. The lowest BCUT2D eigenvalue weighted by atomic mass is 9.92. The van der Waals surface area contributed by atoms with Gasteiger partial charge in [-0.25, -0.2) is 4.79 Å². The van der Waals surface area contributed by atoms with Gasteiger partial charge in [0.05, 0.1) is 11.3 Å². The van der Waals surface area contributed by atoms with Crippen LogP contribution in [0, 0.1) is 5.92 Å². The molecular weight excluding hydrogens is 214 g/mol. The number of hydrogen-bond donors (Lipinski definition) is 1. The Bertz CT molecular complexity index is 416. The Labute approximate surface area is 102 Å². The van der Waals surface area contributed by atoms with Crippen LogP contribution in [-0.2, 0) is 0 Å². The number of piperidine rings is 1. The summed E-state index contributed by atoms with van der Waals surface area (Å²) in [5, 5.41) is 9.21. The van der Waals surface area contributed by atoms with Crippen molar-refractivity contribution in [1.82, 2.24) is 0 Å². The van der Waals surface area contributed by atoms with Crippen LogP contribution < -0.4 is 4.90 Å². The Balaban J connectivity index is 2.30. The van der Waals surface area contributed by atoms with Gasteiger partial charge in [-0.2, -0.15) is 0 Å². The molecule has 17 heavy (non-hydrogen) atoms. The lowest BCUT2D eigenvalue weighted by molar-refractivity contribution is 0.0697. The highest BCUT2D eigenvalue weighted by atomic mass is 16.4. The number of benzene rings is 1. The molecule has 0 bridgehead atoms. The maximum Gasteiger partial charge on any atom is 0.337 e.